The van der Waals surface area contributed by atoms with E-state index in [4.69, 9.17) is 14.2 Å². The summed E-state index contributed by atoms with van der Waals surface area (Å²) in [5.41, 5.74) is 2.16. The Morgan fingerprint density at radius 1 is 0.595 bits per heavy atom. The normalized spacial score (nSPS) is 10.2. The maximum Gasteiger partial charge on any atom is 0.243 e. The number of methoxy groups -OCH3 is 3. The Balaban J connectivity index is 1.49. The van der Waals surface area contributed by atoms with Crippen molar-refractivity contribution in [3.63, 3.8) is 0 Å². The summed E-state index contributed by atoms with van der Waals surface area (Å²) in [7, 11) is 4.80. The number of hydrogen-bond donors (Lipinski definition) is 4. The van der Waals surface area contributed by atoms with E-state index in [-0.39, 0.29) is 30.3 Å². The summed E-state index contributed by atoms with van der Waals surface area (Å²) in [6.07, 6.45) is 0. The van der Waals surface area contributed by atoms with Gasteiger partial charge in [0.05, 0.1) is 27.9 Å². The average molecular weight is 502 g/mol. The molecule has 1 heterocycles. The number of aromatic nitrogens is 3. The van der Waals surface area contributed by atoms with Gasteiger partial charge < -0.3 is 35.5 Å². The summed E-state index contributed by atoms with van der Waals surface area (Å²) in [4.78, 5) is 25.8. The Morgan fingerprint density at radius 3 is 1.38 bits per heavy atom. The molecule has 1 aromatic heterocycles. The van der Waals surface area contributed by atoms with Gasteiger partial charge in [0.2, 0.25) is 23.8 Å². The number of carbonyl (C=O) groups is 1. The van der Waals surface area contributed by atoms with E-state index in [1.807, 2.05) is 48.5 Å². The van der Waals surface area contributed by atoms with Crippen molar-refractivity contribution in [1.29, 1.82) is 0 Å². The van der Waals surface area contributed by atoms with Crippen LogP contribution in [-0.4, -0.2) is 48.7 Å². The molecule has 0 unspecified atom stereocenters. The average Bonchev–Trinajstić information content (AvgIpc) is 2.93. The third-order valence-electron chi connectivity index (χ3n) is 5.11. The van der Waals surface area contributed by atoms with Crippen molar-refractivity contribution in [2.24, 2.45) is 0 Å². The zero-order valence-corrected chi connectivity index (χ0v) is 20.6. The van der Waals surface area contributed by atoms with Crippen LogP contribution in [0.2, 0.25) is 0 Å². The van der Waals surface area contributed by atoms with Crippen molar-refractivity contribution in [3.05, 3.63) is 72.8 Å². The number of carbonyl (C=O) groups excluding carboxylic acids is 1. The van der Waals surface area contributed by atoms with Crippen molar-refractivity contribution in [2.45, 2.75) is 0 Å². The number of benzene rings is 3. The van der Waals surface area contributed by atoms with E-state index in [2.05, 4.69) is 36.2 Å². The summed E-state index contributed by atoms with van der Waals surface area (Å²) >= 11 is 0. The van der Waals surface area contributed by atoms with Crippen molar-refractivity contribution < 1.29 is 19.0 Å². The van der Waals surface area contributed by atoms with Crippen molar-refractivity contribution >= 4 is 40.8 Å². The molecule has 11 nitrogen and oxygen atoms in total. The molecule has 0 bridgehead atoms. The van der Waals surface area contributed by atoms with Crippen LogP contribution in [0.5, 0.6) is 17.2 Å². The molecule has 0 atom stereocenters. The fraction of sp³-hybridized carbons (Fsp3) is 0.154. The molecular weight excluding hydrogens is 474 g/mol. The van der Waals surface area contributed by atoms with E-state index in [0.29, 0.717) is 11.4 Å². The monoisotopic (exact) mass is 501 g/mol. The molecule has 0 radical (unpaired) electrons. The summed E-state index contributed by atoms with van der Waals surface area (Å²) in [6, 6.07) is 21.7. The maximum atomic E-state index is 12.5. The van der Waals surface area contributed by atoms with E-state index in [1.165, 1.54) is 0 Å². The lowest BCUT2D eigenvalue weighted by molar-refractivity contribution is -0.114. The molecule has 0 aliphatic rings. The lowest BCUT2D eigenvalue weighted by atomic mass is 10.3. The highest BCUT2D eigenvalue weighted by Crippen LogP contribution is 2.22. The molecule has 0 spiro atoms. The molecule has 11 heteroatoms. The van der Waals surface area contributed by atoms with E-state index in [9.17, 15) is 4.79 Å². The van der Waals surface area contributed by atoms with Gasteiger partial charge in [-0.3, -0.25) is 4.79 Å². The minimum atomic E-state index is -0.264. The Morgan fingerprint density at radius 2 is 0.973 bits per heavy atom. The number of rotatable bonds is 11. The Hall–Kier alpha value is -5.06. The van der Waals surface area contributed by atoms with Crippen LogP contribution in [0.1, 0.15) is 0 Å². The zero-order chi connectivity index (χ0) is 26.0. The predicted octanol–water partition coefficient (Wildman–Crippen LogP) is 4.44. The lowest BCUT2D eigenvalue weighted by Gasteiger charge is -2.12. The van der Waals surface area contributed by atoms with Gasteiger partial charge in [0, 0.05) is 17.1 Å². The highest BCUT2D eigenvalue weighted by Gasteiger charge is 2.10. The standard InChI is InChI=1S/C26H27N7O4/c1-35-20-10-4-17(5-11-20)28-23(34)16-27-24-31-25(29-18-6-12-21(36-2)13-7-18)33-26(32-24)30-19-8-14-22(37-3)15-9-19/h4-15H,16H2,1-3H3,(H,28,34)(H3,27,29,30,31,32,33). The highest BCUT2D eigenvalue weighted by atomic mass is 16.5. The van der Waals surface area contributed by atoms with Crippen LogP contribution in [0.15, 0.2) is 72.8 Å². The summed E-state index contributed by atoms with van der Waals surface area (Å²) in [6.45, 7) is -0.0556. The first kappa shape index (κ1) is 25.0. The van der Waals surface area contributed by atoms with Crippen LogP contribution in [0.4, 0.5) is 34.9 Å². The second-order valence-corrected chi connectivity index (χ2v) is 7.64. The van der Waals surface area contributed by atoms with Crippen LogP contribution in [0.25, 0.3) is 0 Å². The summed E-state index contributed by atoms with van der Waals surface area (Å²) < 4.78 is 15.6. The molecule has 0 saturated heterocycles. The predicted molar refractivity (Wildman–Crippen MR) is 142 cm³/mol. The van der Waals surface area contributed by atoms with Crippen molar-refractivity contribution in [2.75, 3.05) is 49.1 Å². The van der Waals surface area contributed by atoms with Crippen LogP contribution in [0.3, 0.4) is 0 Å². The Bertz CT molecular complexity index is 1250. The molecule has 4 aromatic rings. The van der Waals surface area contributed by atoms with Gasteiger partial charge in [-0.2, -0.15) is 15.0 Å². The maximum absolute atomic E-state index is 12.5. The molecule has 4 N–H and O–H groups in total. The van der Waals surface area contributed by atoms with E-state index >= 15 is 0 Å². The molecule has 4 rings (SSSR count). The van der Waals surface area contributed by atoms with Crippen LogP contribution < -0.4 is 35.5 Å². The van der Waals surface area contributed by atoms with Gasteiger partial charge >= 0.3 is 0 Å². The molecule has 37 heavy (non-hydrogen) atoms. The SMILES string of the molecule is COc1ccc(NC(=O)CNc2nc(Nc3ccc(OC)cc3)nc(Nc3ccc(OC)cc3)n2)cc1. The third-order valence-corrected chi connectivity index (χ3v) is 5.11. The van der Waals surface area contributed by atoms with Gasteiger partial charge in [-0.1, -0.05) is 0 Å². The minimum absolute atomic E-state index is 0.0556. The summed E-state index contributed by atoms with van der Waals surface area (Å²) in [5.74, 6) is 2.69. The number of nitrogens with one attached hydrogen (secondary N) is 4. The first-order valence-corrected chi connectivity index (χ1v) is 11.3. The number of nitrogens with zero attached hydrogens (tertiary/aromatic N) is 3. The lowest BCUT2D eigenvalue weighted by Crippen LogP contribution is -2.23. The smallest absolute Gasteiger partial charge is 0.243 e. The van der Waals surface area contributed by atoms with Gasteiger partial charge in [0.15, 0.2) is 0 Å². The molecule has 1 amide bonds. The Kier molecular flexibility index (Phi) is 8.17. The molecule has 0 aliphatic heterocycles. The van der Waals surface area contributed by atoms with Crippen LogP contribution in [0, 0.1) is 0 Å². The quantitative estimate of drug-likeness (QED) is 0.234. The highest BCUT2D eigenvalue weighted by molar-refractivity contribution is 5.93. The second kappa shape index (κ2) is 12.1. The molecule has 0 aliphatic carbocycles. The Labute approximate surface area is 214 Å². The van der Waals surface area contributed by atoms with Crippen molar-refractivity contribution in [1.82, 2.24) is 15.0 Å². The zero-order valence-electron chi connectivity index (χ0n) is 20.6. The van der Waals surface area contributed by atoms with Crippen LogP contribution in [-0.2, 0) is 4.79 Å². The van der Waals surface area contributed by atoms with Gasteiger partial charge in [-0.05, 0) is 72.8 Å². The third kappa shape index (κ3) is 7.21. The molecule has 190 valence electrons. The molecule has 0 fully saturated rings. The van der Waals surface area contributed by atoms with Gasteiger partial charge in [0.1, 0.15) is 17.2 Å². The van der Waals surface area contributed by atoms with E-state index in [1.54, 1.807) is 45.6 Å². The van der Waals surface area contributed by atoms with Gasteiger partial charge in [-0.15, -0.1) is 0 Å². The number of anilines is 6. The number of hydrogen-bond acceptors (Lipinski definition) is 10. The first-order chi connectivity index (χ1) is 18.0. The minimum Gasteiger partial charge on any atom is -0.497 e. The van der Waals surface area contributed by atoms with Gasteiger partial charge in [-0.25, -0.2) is 0 Å². The largest absolute Gasteiger partial charge is 0.497 e. The van der Waals surface area contributed by atoms with Gasteiger partial charge in [0.25, 0.3) is 0 Å². The number of ether oxygens (including phenoxy) is 3. The fourth-order valence-electron chi connectivity index (χ4n) is 3.21. The van der Waals surface area contributed by atoms with E-state index in [0.717, 1.165) is 22.9 Å². The van der Waals surface area contributed by atoms with E-state index < -0.39 is 0 Å². The summed E-state index contributed by atoms with van der Waals surface area (Å²) in [5, 5.41) is 12.1. The van der Waals surface area contributed by atoms with Crippen molar-refractivity contribution in [3.8, 4) is 17.2 Å². The molecular formula is C26H27N7O4. The fourth-order valence-corrected chi connectivity index (χ4v) is 3.21. The second-order valence-electron chi connectivity index (χ2n) is 7.64. The number of amides is 1. The first-order valence-electron chi connectivity index (χ1n) is 11.3. The molecule has 3 aromatic carbocycles. The van der Waals surface area contributed by atoms with Crippen LogP contribution >= 0.6 is 0 Å². The molecule has 0 saturated carbocycles. The topological polar surface area (TPSA) is 132 Å².